The number of hydrazine groups is 1. The van der Waals surface area contributed by atoms with Crippen LogP contribution in [0.15, 0.2) is 0 Å². The second-order valence-corrected chi connectivity index (χ2v) is 5.04. The molecule has 1 aromatic rings. The number of nitrogens with one attached hydrogen (secondary N) is 1. The van der Waals surface area contributed by atoms with Crippen LogP contribution in [0.5, 0.6) is 0 Å². The highest BCUT2D eigenvalue weighted by Crippen LogP contribution is 2.22. The van der Waals surface area contributed by atoms with Crippen molar-refractivity contribution in [3.63, 3.8) is 0 Å². The molecule has 0 atom stereocenters. The Hall–Kier alpha value is -1.36. The summed E-state index contributed by atoms with van der Waals surface area (Å²) < 4.78 is 0. The van der Waals surface area contributed by atoms with Crippen LogP contribution in [0.2, 0.25) is 0 Å². The van der Waals surface area contributed by atoms with Gasteiger partial charge < -0.3 is 10.3 Å². The number of nitrogens with zero attached hydrogens (tertiary/aromatic N) is 3. The van der Waals surface area contributed by atoms with Gasteiger partial charge in [0.1, 0.15) is 17.5 Å². The van der Waals surface area contributed by atoms with Crippen LogP contribution >= 0.6 is 0 Å². The van der Waals surface area contributed by atoms with Gasteiger partial charge in [-0.25, -0.2) is 15.8 Å². The molecule has 5 nitrogen and oxygen atoms in total. The summed E-state index contributed by atoms with van der Waals surface area (Å²) in [4.78, 5) is 11.1. The van der Waals surface area contributed by atoms with Crippen LogP contribution in [0.25, 0.3) is 0 Å². The number of hydrogen-bond donors (Lipinski definition) is 2. The van der Waals surface area contributed by atoms with Crippen LogP contribution < -0.4 is 16.2 Å². The molecular formula is C13H25N5. The third kappa shape index (κ3) is 3.57. The van der Waals surface area contributed by atoms with Gasteiger partial charge in [0, 0.05) is 25.6 Å². The van der Waals surface area contributed by atoms with E-state index in [0.29, 0.717) is 11.7 Å². The topological polar surface area (TPSA) is 67.1 Å². The lowest BCUT2D eigenvalue weighted by atomic mass is 10.1. The van der Waals surface area contributed by atoms with Crippen LogP contribution in [0, 0.1) is 12.8 Å². The molecule has 0 saturated heterocycles. The first-order chi connectivity index (χ1) is 8.49. The molecule has 0 aliphatic heterocycles. The van der Waals surface area contributed by atoms with E-state index in [9.17, 15) is 0 Å². The van der Waals surface area contributed by atoms with E-state index in [1.165, 1.54) is 0 Å². The lowest BCUT2D eigenvalue weighted by Crippen LogP contribution is -2.24. The van der Waals surface area contributed by atoms with Crippen molar-refractivity contribution >= 4 is 11.6 Å². The molecule has 0 aliphatic rings. The van der Waals surface area contributed by atoms with Gasteiger partial charge in [0.05, 0.1) is 0 Å². The second kappa shape index (κ2) is 6.54. The normalized spacial score (nSPS) is 10.8. The lowest BCUT2D eigenvalue weighted by Gasteiger charge is -2.22. The largest absolute Gasteiger partial charge is 0.359 e. The Morgan fingerprint density at radius 2 is 2.00 bits per heavy atom. The number of rotatable bonds is 6. The molecule has 0 fully saturated rings. The molecule has 0 radical (unpaired) electrons. The van der Waals surface area contributed by atoms with Crippen molar-refractivity contribution in [2.75, 3.05) is 23.9 Å². The molecule has 3 N–H and O–H groups in total. The fraction of sp³-hybridized carbons (Fsp3) is 0.692. The van der Waals surface area contributed by atoms with Gasteiger partial charge >= 0.3 is 0 Å². The summed E-state index contributed by atoms with van der Waals surface area (Å²) in [5.74, 6) is 8.70. The Morgan fingerprint density at radius 1 is 1.33 bits per heavy atom. The SMILES string of the molecule is CCc1nc(NN)c(C)c(N(C)CCC(C)C)n1. The molecule has 0 unspecified atom stereocenters. The van der Waals surface area contributed by atoms with Gasteiger partial charge in [-0.2, -0.15) is 0 Å². The highest BCUT2D eigenvalue weighted by molar-refractivity contribution is 5.57. The summed E-state index contributed by atoms with van der Waals surface area (Å²) in [5.41, 5.74) is 3.65. The van der Waals surface area contributed by atoms with Gasteiger partial charge in [0.15, 0.2) is 0 Å². The average Bonchev–Trinajstić information content (AvgIpc) is 2.36. The molecule has 0 amide bonds. The Morgan fingerprint density at radius 3 is 2.50 bits per heavy atom. The van der Waals surface area contributed by atoms with Crippen molar-refractivity contribution in [2.45, 2.75) is 40.5 Å². The van der Waals surface area contributed by atoms with Crippen LogP contribution in [-0.2, 0) is 6.42 Å². The molecule has 0 aliphatic carbocycles. The first kappa shape index (κ1) is 14.7. The van der Waals surface area contributed by atoms with E-state index in [4.69, 9.17) is 5.84 Å². The highest BCUT2D eigenvalue weighted by Gasteiger charge is 2.13. The van der Waals surface area contributed by atoms with Crippen molar-refractivity contribution in [1.82, 2.24) is 9.97 Å². The van der Waals surface area contributed by atoms with E-state index in [1.54, 1.807) is 0 Å². The Bertz CT molecular complexity index is 389. The molecule has 1 heterocycles. The number of nitrogen functional groups attached to an aromatic ring is 1. The molecule has 0 spiro atoms. The number of aromatic nitrogens is 2. The molecule has 0 saturated carbocycles. The average molecular weight is 251 g/mol. The van der Waals surface area contributed by atoms with Crippen LogP contribution in [0.3, 0.4) is 0 Å². The smallest absolute Gasteiger partial charge is 0.148 e. The molecule has 0 bridgehead atoms. The molecule has 5 heteroatoms. The molecular weight excluding hydrogens is 226 g/mol. The third-order valence-electron chi connectivity index (χ3n) is 3.02. The van der Waals surface area contributed by atoms with Crippen LogP contribution in [0.4, 0.5) is 11.6 Å². The maximum absolute atomic E-state index is 5.51. The Labute approximate surface area is 110 Å². The van der Waals surface area contributed by atoms with Gasteiger partial charge in [-0.05, 0) is 19.3 Å². The van der Waals surface area contributed by atoms with E-state index >= 15 is 0 Å². The summed E-state index contributed by atoms with van der Waals surface area (Å²) in [5, 5.41) is 0. The summed E-state index contributed by atoms with van der Waals surface area (Å²) in [6.45, 7) is 9.48. The van der Waals surface area contributed by atoms with Crippen molar-refractivity contribution in [2.24, 2.45) is 11.8 Å². The Kier molecular flexibility index (Phi) is 5.34. The van der Waals surface area contributed by atoms with E-state index in [2.05, 4.69) is 41.2 Å². The lowest BCUT2D eigenvalue weighted by molar-refractivity contribution is 0.582. The predicted octanol–water partition coefficient (Wildman–Crippen LogP) is 2.12. The van der Waals surface area contributed by atoms with Gasteiger partial charge in [-0.3, -0.25) is 0 Å². The first-order valence-electron chi connectivity index (χ1n) is 6.54. The van der Waals surface area contributed by atoms with Gasteiger partial charge in [-0.15, -0.1) is 0 Å². The molecule has 102 valence electrons. The van der Waals surface area contributed by atoms with Crippen LogP contribution in [-0.4, -0.2) is 23.6 Å². The molecule has 1 aromatic heterocycles. The summed E-state index contributed by atoms with van der Waals surface area (Å²) in [7, 11) is 2.07. The summed E-state index contributed by atoms with van der Waals surface area (Å²) in [6.07, 6.45) is 1.95. The first-order valence-corrected chi connectivity index (χ1v) is 6.54. The third-order valence-corrected chi connectivity index (χ3v) is 3.02. The number of aryl methyl sites for hydroxylation is 1. The fourth-order valence-electron chi connectivity index (χ4n) is 1.78. The van der Waals surface area contributed by atoms with Crippen molar-refractivity contribution in [3.05, 3.63) is 11.4 Å². The van der Waals surface area contributed by atoms with E-state index in [0.717, 1.165) is 36.6 Å². The number of hydrogen-bond acceptors (Lipinski definition) is 5. The van der Waals surface area contributed by atoms with E-state index in [-0.39, 0.29) is 0 Å². The number of nitrogens with two attached hydrogens (primary N) is 1. The Balaban J connectivity index is 2.98. The quantitative estimate of drug-likeness (QED) is 0.599. The maximum Gasteiger partial charge on any atom is 0.148 e. The fourth-order valence-corrected chi connectivity index (χ4v) is 1.78. The summed E-state index contributed by atoms with van der Waals surface area (Å²) >= 11 is 0. The minimum Gasteiger partial charge on any atom is -0.359 e. The second-order valence-electron chi connectivity index (χ2n) is 5.04. The summed E-state index contributed by atoms with van der Waals surface area (Å²) in [6, 6.07) is 0. The standard InChI is InChI=1S/C13H25N5/c1-6-11-15-12(17-14)10(4)13(16-11)18(5)8-7-9(2)3/h9H,6-8,14H2,1-5H3,(H,15,16,17). The van der Waals surface area contributed by atoms with E-state index < -0.39 is 0 Å². The van der Waals surface area contributed by atoms with Crippen molar-refractivity contribution < 1.29 is 0 Å². The molecule has 1 rings (SSSR count). The van der Waals surface area contributed by atoms with Crippen LogP contribution in [0.1, 0.15) is 38.6 Å². The van der Waals surface area contributed by atoms with Gasteiger partial charge in [0.25, 0.3) is 0 Å². The van der Waals surface area contributed by atoms with Gasteiger partial charge in [0.2, 0.25) is 0 Å². The van der Waals surface area contributed by atoms with Crippen molar-refractivity contribution in [1.29, 1.82) is 0 Å². The van der Waals surface area contributed by atoms with E-state index in [1.807, 2.05) is 13.8 Å². The minimum atomic E-state index is 0.687. The monoisotopic (exact) mass is 251 g/mol. The van der Waals surface area contributed by atoms with Gasteiger partial charge in [-0.1, -0.05) is 20.8 Å². The molecule has 18 heavy (non-hydrogen) atoms. The predicted molar refractivity (Wildman–Crippen MR) is 76.7 cm³/mol. The zero-order chi connectivity index (χ0) is 13.7. The molecule has 0 aromatic carbocycles. The highest BCUT2D eigenvalue weighted by atomic mass is 15.3. The zero-order valence-electron chi connectivity index (χ0n) is 12.1. The zero-order valence-corrected chi connectivity index (χ0v) is 12.1. The maximum atomic E-state index is 5.51. The minimum absolute atomic E-state index is 0.687. The van der Waals surface area contributed by atoms with Crippen molar-refractivity contribution in [3.8, 4) is 0 Å². The number of anilines is 2.